The Labute approximate surface area is 75.2 Å². The molecule has 0 aromatic rings. The van der Waals surface area contributed by atoms with E-state index in [0.717, 1.165) is 6.04 Å². The van der Waals surface area contributed by atoms with Gasteiger partial charge in [-0.1, -0.05) is 0 Å². The topological polar surface area (TPSA) is 53.7 Å². The van der Waals surface area contributed by atoms with Crippen LogP contribution in [0, 0.1) is 0 Å². The van der Waals surface area contributed by atoms with Crippen molar-refractivity contribution in [2.45, 2.75) is 12.6 Å². The number of nitrogens with two attached hydrogens (primary N) is 1. The van der Waals surface area contributed by atoms with E-state index in [4.69, 9.17) is 19.3 Å². The molecule has 0 saturated heterocycles. The average molecular weight is 193 g/mol. The minimum Gasteiger partial charge on any atom is -0.398 e. The summed E-state index contributed by atoms with van der Waals surface area (Å²) in [7, 11) is 1.45. The van der Waals surface area contributed by atoms with Gasteiger partial charge in [-0.2, -0.15) is 0 Å². The van der Waals surface area contributed by atoms with Crippen LogP contribution in [0.5, 0.6) is 0 Å². The van der Waals surface area contributed by atoms with Gasteiger partial charge in [-0.15, -0.1) is 0 Å². The van der Waals surface area contributed by atoms with Gasteiger partial charge < -0.3 is 19.3 Å². The molecule has 0 atom stereocenters. The highest BCUT2D eigenvalue weighted by atomic mass is 28.4. The van der Waals surface area contributed by atoms with E-state index in [0.29, 0.717) is 19.8 Å². The van der Waals surface area contributed by atoms with Crippen LogP contribution >= 0.6 is 0 Å². The first kappa shape index (κ1) is 12.1. The molecular weight excluding hydrogens is 174 g/mol. The summed E-state index contributed by atoms with van der Waals surface area (Å²) < 4.78 is 15.8. The Balaban J connectivity index is 3.45. The molecule has 0 spiro atoms. The van der Waals surface area contributed by atoms with E-state index in [1.807, 2.05) is 6.55 Å². The Bertz CT molecular complexity index is 109. The maximum atomic E-state index is 5.27. The summed E-state index contributed by atoms with van der Waals surface area (Å²) in [6, 6.07) is 0.847. The average Bonchev–Trinajstić information content (AvgIpc) is 2.12. The van der Waals surface area contributed by atoms with Crippen LogP contribution in [0.25, 0.3) is 0 Å². The molecule has 0 radical (unpaired) electrons. The van der Waals surface area contributed by atoms with E-state index in [9.17, 15) is 0 Å². The van der Waals surface area contributed by atoms with Gasteiger partial charge in [-0.05, 0) is 6.55 Å². The van der Waals surface area contributed by atoms with Crippen molar-refractivity contribution in [3.8, 4) is 0 Å². The zero-order valence-corrected chi connectivity index (χ0v) is 9.13. The van der Waals surface area contributed by atoms with E-state index in [1.54, 1.807) is 14.2 Å². The minimum atomic E-state index is -1.91. The largest absolute Gasteiger partial charge is 0.398 e. The van der Waals surface area contributed by atoms with Crippen LogP contribution in [0.3, 0.4) is 0 Å². The molecule has 0 bridgehead atoms. The molecule has 0 aromatic carbocycles. The summed E-state index contributed by atoms with van der Waals surface area (Å²) in [5.41, 5.74) is 5.27. The highest BCUT2D eigenvalue weighted by Gasteiger charge is 2.27. The molecule has 74 valence electrons. The van der Waals surface area contributed by atoms with Crippen molar-refractivity contribution >= 4 is 8.56 Å². The van der Waals surface area contributed by atoms with Crippen molar-refractivity contribution in [1.29, 1.82) is 0 Å². The van der Waals surface area contributed by atoms with Crippen molar-refractivity contribution in [2.75, 3.05) is 34.0 Å². The molecule has 0 unspecified atom stereocenters. The molecule has 0 fully saturated rings. The van der Waals surface area contributed by atoms with Crippen LogP contribution in [0.1, 0.15) is 0 Å². The fourth-order valence-corrected chi connectivity index (χ4v) is 1.82. The Morgan fingerprint density at radius 2 is 1.75 bits per heavy atom. The Morgan fingerprint density at radius 3 is 2.17 bits per heavy atom. The third-order valence-electron chi connectivity index (χ3n) is 1.83. The van der Waals surface area contributed by atoms with Crippen molar-refractivity contribution in [2.24, 2.45) is 5.73 Å². The molecule has 4 nitrogen and oxygen atoms in total. The molecule has 2 N–H and O–H groups in total. The van der Waals surface area contributed by atoms with Crippen LogP contribution in [-0.2, 0) is 13.6 Å². The molecule has 0 amide bonds. The molecule has 5 heteroatoms. The maximum absolute atomic E-state index is 5.27. The molecule has 0 aliphatic rings. The van der Waals surface area contributed by atoms with E-state index < -0.39 is 8.56 Å². The summed E-state index contributed by atoms with van der Waals surface area (Å²) in [6.07, 6.45) is 0. The lowest BCUT2D eigenvalue weighted by Crippen LogP contribution is -2.37. The summed E-state index contributed by atoms with van der Waals surface area (Å²) in [4.78, 5) is 0. The predicted octanol–water partition coefficient (Wildman–Crippen LogP) is 0.327. The van der Waals surface area contributed by atoms with Crippen molar-refractivity contribution in [1.82, 2.24) is 0 Å². The molecule has 0 aliphatic heterocycles. The Morgan fingerprint density at radius 1 is 1.17 bits per heavy atom. The van der Waals surface area contributed by atoms with Gasteiger partial charge in [0, 0.05) is 33.4 Å². The van der Waals surface area contributed by atoms with Crippen molar-refractivity contribution in [3.63, 3.8) is 0 Å². The third-order valence-corrected chi connectivity index (χ3v) is 4.67. The van der Waals surface area contributed by atoms with E-state index in [1.165, 1.54) is 0 Å². The highest BCUT2D eigenvalue weighted by molar-refractivity contribution is 6.65. The summed E-state index contributed by atoms with van der Waals surface area (Å²) >= 11 is 0. The third kappa shape index (κ3) is 4.84. The fourth-order valence-electron chi connectivity index (χ4n) is 0.730. The van der Waals surface area contributed by atoms with Crippen molar-refractivity contribution in [3.05, 3.63) is 0 Å². The lowest BCUT2D eigenvalue weighted by molar-refractivity contribution is 0.143. The van der Waals surface area contributed by atoms with Gasteiger partial charge in [0.1, 0.15) is 0 Å². The summed E-state index contributed by atoms with van der Waals surface area (Å²) in [5, 5.41) is 0. The van der Waals surface area contributed by atoms with Gasteiger partial charge >= 0.3 is 8.56 Å². The molecular formula is C7H19NO3Si. The van der Waals surface area contributed by atoms with Crippen LogP contribution in [0.15, 0.2) is 0 Å². The van der Waals surface area contributed by atoms with Gasteiger partial charge in [0.05, 0.1) is 6.61 Å². The second-order valence-electron chi connectivity index (χ2n) is 2.69. The maximum Gasteiger partial charge on any atom is 0.336 e. The first-order valence-electron chi connectivity index (χ1n) is 4.06. The van der Waals surface area contributed by atoms with Gasteiger partial charge in [-0.3, -0.25) is 0 Å². The van der Waals surface area contributed by atoms with E-state index in [2.05, 4.69) is 0 Å². The molecule has 0 aliphatic carbocycles. The molecule has 0 rings (SSSR count). The van der Waals surface area contributed by atoms with Gasteiger partial charge in [0.25, 0.3) is 0 Å². The smallest absolute Gasteiger partial charge is 0.336 e. The van der Waals surface area contributed by atoms with Gasteiger partial charge in [0.2, 0.25) is 0 Å². The Hall–Kier alpha value is 0.0569. The Kier molecular flexibility index (Phi) is 6.59. The number of rotatable bonds is 7. The normalized spacial score (nSPS) is 12.0. The second kappa shape index (κ2) is 6.56. The lowest BCUT2D eigenvalue weighted by atomic mass is 10.7. The highest BCUT2D eigenvalue weighted by Crippen LogP contribution is 2.10. The monoisotopic (exact) mass is 193 g/mol. The molecule has 12 heavy (non-hydrogen) atoms. The lowest BCUT2D eigenvalue weighted by Gasteiger charge is -2.22. The first-order chi connectivity index (χ1) is 5.68. The molecule has 0 saturated carbocycles. The molecule has 0 aromatic heterocycles. The van der Waals surface area contributed by atoms with E-state index >= 15 is 0 Å². The van der Waals surface area contributed by atoms with Crippen LogP contribution < -0.4 is 5.73 Å². The predicted molar refractivity (Wildman–Crippen MR) is 50.3 cm³/mol. The zero-order chi connectivity index (χ0) is 9.45. The van der Waals surface area contributed by atoms with Gasteiger partial charge in [0.15, 0.2) is 0 Å². The van der Waals surface area contributed by atoms with Crippen LogP contribution in [-0.4, -0.2) is 42.5 Å². The van der Waals surface area contributed by atoms with E-state index in [-0.39, 0.29) is 0 Å². The van der Waals surface area contributed by atoms with Crippen LogP contribution in [0.2, 0.25) is 12.6 Å². The minimum absolute atomic E-state index is 0.568. The number of hydrogen-bond donors (Lipinski definition) is 1. The van der Waals surface area contributed by atoms with Crippen molar-refractivity contribution < 1.29 is 13.6 Å². The summed E-state index contributed by atoms with van der Waals surface area (Å²) in [6.45, 7) is 3.86. The zero-order valence-electron chi connectivity index (χ0n) is 8.13. The standard InChI is InChI=1S/C7H19NO3Si/c1-9-12(3,10-2)7-6-11-5-4-8/h4-8H2,1-3H3. The quantitative estimate of drug-likeness (QED) is 0.467. The molecule has 0 heterocycles. The number of hydrogen-bond acceptors (Lipinski definition) is 4. The second-order valence-corrected chi connectivity index (χ2v) is 6.28. The fraction of sp³-hybridized carbons (Fsp3) is 1.00. The summed E-state index contributed by atoms with van der Waals surface area (Å²) in [5.74, 6) is 0. The van der Waals surface area contributed by atoms with Crippen LogP contribution in [0.4, 0.5) is 0 Å². The van der Waals surface area contributed by atoms with Gasteiger partial charge in [-0.25, -0.2) is 0 Å². The first-order valence-corrected chi connectivity index (χ1v) is 6.59. The SMILES string of the molecule is CO[Si](C)(CCOCCN)OC. The number of ether oxygens (including phenoxy) is 1.